The zero-order valence-electron chi connectivity index (χ0n) is 19.0. The third-order valence-electron chi connectivity index (χ3n) is 5.79. The van der Waals surface area contributed by atoms with Crippen LogP contribution in [0.5, 0.6) is 5.75 Å². The van der Waals surface area contributed by atoms with Gasteiger partial charge in [-0.15, -0.1) is 0 Å². The number of ether oxygens (including phenoxy) is 1. The molecule has 9 heteroatoms. The highest BCUT2D eigenvalue weighted by atomic mass is 16.5. The third-order valence-corrected chi connectivity index (χ3v) is 5.79. The van der Waals surface area contributed by atoms with Gasteiger partial charge in [0.25, 0.3) is 0 Å². The van der Waals surface area contributed by atoms with E-state index in [1.54, 1.807) is 4.90 Å². The Hall–Kier alpha value is -4.21. The van der Waals surface area contributed by atoms with Crippen LogP contribution in [0.2, 0.25) is 0 Å². The van der Waals surface area contributed by atoms with E-state index in [-0.39, 0.29) is 41.8 Å². The molecule has 9 nitrogen and oxygen atoms in total. The van der Waals surface area contributed by atoms with E-state index in [2.05, 4.69) is 0 Å². The molecule has 1 heterocycles. The normalized spacial score (nSPS) is 16.7. The van der Waals surface area contributed by atoms with Crippen LogP contribution >= 0.6 is 0 Å². The molecule has 1 amide bonds. The zero-order valence-corrected chi connectivity index (χ0v) is 19.0. The number of carbonyl (C=O) groups is 2. The van der Waals surface area contributed by atoms with E-state index < -0.39 is 11.9 Å². The van der Waals surface area contributed by atoms with Crippen LogP contribution < -0.4 is 15.4 Å². The minimum absolute atomic E-state index is 0. The van der Waals surface area contributed by atoms with E-state index in [0.717, 1.165) is 16.8 Å². The topological polar surface area (TPSA) is 180 Å². The van der Waals surface area contributed by atoms with E-state index in [1.807, 2.05) is 78.9 Å². The van der Waals surface area contributed by atoms with Crippen molar-refractivity contribution >= 4 is 23.4 Å². The smallest absolute Gasteiger partial charge is 0.304 e. The van der Waals surface area contributed by atoms with Crippen LogP contribution in [0.3, 0.4) is 0 Å². The van der Waals surface area contributed by atoms with Gasteiger partial charge in [-0.05, 0) is 41.8 Å². The van der Waals surface area contributed by atoms with Gasteiger partial charge in [0, 0.05) is 11.3 Å². The Morgan fingerprint density at radius 3 is 2.09 bits per heavy atom. The van der Waals surface area contributed by atoms with Crippen LogP contribution in [0, 0.1) is 11.3 Å². The summed E-state index contributed by atoms with van der Waals surface area (Å²) >= 11 is 0. The van der Waals surface area contributed by atoms with Crippen molar-refractivity contribution in [3.05, 3.63) is 84.4 Å². The first-order chi connectivity index (χ1) is 15.9. The molecule has 35 heavy (non-hydrogen) atoms. The van der Waals surface area contributed by atoms with Gasteiger partial charge in [-0.2, -0.15) is 0 Å². The van der Waals surface area contributed by atoms with Gasteiger partial charge in [0.2, 0.25) is 5.91 Å². The summed E-state index contributed by atoms with van der Waals surface area (Å²) < 4.78 is 6.00. The van der Waals surface area contributed by atoms with Crippen molar-refractivity contribution in [3.63, 3.8) is 0 Å². The van der Waals surface area contributed by atoms with Crippen molar-refractivity contribution in [3.8, 4) is 16.9 Å². The fourth-order valence-electron chi connectivity index (χ4n) is 4.14. The molecule has 0 saturated carbocycles. The van der Waals surface area contributed by atoms with E-state index in [1.165, 1.54) is 0 Å². The largest absolute Gasteiger partial charge is 0.491 e. The van der Waals surface area contributed by atoms with Crippen LogP contribution in [-0.4, -0.2) is 46.4 Å². The first-order valence-electron chi connectivity index (χ1n) is 10.7. The van der Waals surface area contributed by atoms with Gasteiger partial charge in [0.15, 0.2) is 0 Å². The van der Waals surface area contributed by atoms with Gasteiger partial charge in [0.1, 0.15) is 18.2 Å². The average molecular weight is 480 g/mol. The summed E-state index contributed by atoms with van der Waals surface area (Å²) in [4.78, 5) is 25.8. The number of amidine groups is 1. The van der Waals surface area contributed by atoms with Gasteiger partial charge in [-0.3, -0.25) is 15.0 Å². The Bertz CT molecular complexity index is 1150. The Morgan fingerprint density at radius 2 is 1.54 bits per heavy atom. The highest BCUT2D eigenvalue weighted by molar-refractivity contribution is 5.99. The van der Waals surface area contributed by atoms with E-state index in [0.29, 0.717) is 17.7 Å². The molecule has 1 saturated heterocycles. The predicted octanol–water partition coefficient (Wildman–Crippen LogP) is 2.26. The molecule has 8 N–H and O–H groups in total. The van der Waals surface area contributed by atoms with E-state index >= 15 is 0 Å². The number of benzene rings is 3. The quantitative estimate of drug-likeness (QED) is 0.330. The first-order valence-corrected chi connectivity index (χ1v) is 10.7. The molecule has 1 fully saturated rings. The SMILES string of the molecule is N=C(N)c1ccc(-c2ccc(OC[C@@H]3C[C@@H](CC(=O)O)C(=O)N3c3ccccc3)cc2)cc1.O.O. The first kappa shape index (κ1) is 27.0. The summed E-state index contributed by atoms with van der Waals surface area (Å²) in [6.07, 6.45) is 0.246. The lowest BCUT2D eigenvalue weighted by Gasteiger charge is -2.25. The Morgan fingerprint density at radius 1 is 0.971 bits per heavy atom. The van der Waals surface area contributed by atoms with Crippen molar-refractivity contribution in [2.75, 3.05) is 11.5 Å². The third kappa shape index (κ3) is 6.23. The number of nitrogens with zero attached hydrogens (tertiary/aromatic N) is 1. The molecule has 0 aliphatic carbocycles. The number of carbonyl (C=O) groups excluding carboxylic acids is 1. The number of hydrogen-bond acceptors (Lipinski definition) is 4. The lowest BCUT2D eigenvalue weighted by atomic mass is 10.0. The van der Waals surface area contributed by atoms with Gasteiger partial charge in [-0.1, -0.05) is 54.6 Å². The molecule has 0 bridgehead atoms. The molecular formula is C26H29N3O6. The molecule has 1 aliphatic rings. The molecule has 0 radical (unpaired) electrons. The minimum atomic E-state index is -0.977. The summed E-state index contributed by atoms with van der Waals surface area (Å²) in [6, 6.07) is 24.1. The molecule has 1 aliphatic heterocycles. The number of carboxylic acid groups (broad SMARTS) is 1. The number of nitrogen functional groups attached to an aromatic ring is 1. The monoisotopic (exact) mass is 479 g/mol. The fraction of sp³-hybridized carbons (Fsp3) is 0.192. The number of nitrogens with two attached hydrogens (primary N) is 1. The number of nitrogens with one attached hydrogen (secondary N) is 1. The fourth-order valence-corrected chi connectivity index (χ4v) is 4.14. The van der Waals surface area contributed by atoms with Crippen LogP contribution in [0.15, 0.2) is 78.9 Å². The maximum absolute atomic E-state index is 12.9. The van der Waals surface area contributed by atoms with Gasteiger partial charge >= 0.3 is 5.97 Å². The van der Waals surface area contributed by atoms with Crippen molar-refractivity contribution in [2.24, 2.45) is 11.7 Å². The molecule has 0 unspecified atom stereocenters. The zero-order chi connectivity index (χ0) is 23.4. The summed E-state index contributed by atoms with van der Waals surface area (Å²) in [5, 5.41) is 16.7. The average Bonchev–Trinajstić information content (AvgIpc) is 3.13. The molecular weight excluding hydrogens is 450 g/mol. The second-order valence-electron chi connectivity index (χ2n) is 8.05. The second-order valence-corrected chi connectivity index (χ2v) is 8.05. The Balaban J connectivity index is 0.00000216. The molecule has 0 spiro atoms. The Kier molecular flexibility index (Phi) is 9.10. The van der Waals surface area contributed by atoms with Gasteiger partial charge < -0.3 is 31.4 Å². The number of anilines is 1. The number of aliphatic carboxylic acids is 1. The van der Waals surface area contributed by atoms with Crippen molar-refractivity contribution in [2.45, 2.75) is 18.9 Å². The standard InChI is InChI=1S/C26H25N3O4.2H2O/c27-25(28)19-8-6-17(7-9-19)18-10-12-23(13-11-18)33-16-22-14-20(15-24(30)31)26(32)29(22)21-4-2-1-3-5-21;;/h1-13,20,22H,14-16H2,(H3,27,28)(H,30,31);2*1H2/t20-,22-;;/m0../s1. The number of para-hydroxylation sites is 1. The predicted molar refractivity (Wildman–Crippen MR) is 134 cm³/mol. The summed E-state index contributed by atoms with van der Waals surface area (Å²) in [5.74, 6) is -1.01. The summed E-state index contributed by atoms with van der Waals surface area (Å²) in [5.41, 5.74) is 8.93. The van der Waals surface area contributed by atoms with Crippen molar-refractivity contribution in [1.82, 2.24) is 0 Å². The van der Waals surface area contributed by atoms with Gasteiger partial charge in [-0.25, -0.2) is 0 Å². The van der Waals surface area contributed by atoms with E-state index in [9.17, 15) is 14.7 Å². The molecule has 3 aromatic rings. The van der Waals surface area contributed by atoms with E-state index in [4.69, 9.17) is 15.9 Å². The van der Waals surface area contributed by atoms with Crippen LogP contribution in [0.25, 0.3) is 11.1 Å². The molecule has 184 valence electrons. The second kappa shape index (κ2) is 11.8. The Labute approximate surface area is 202 Å². The lowest BCUT2D eigenvalue weighted by molar-refractivity contribution is -0.140. The minimum Gasteiger partial charge on any atom is -0.491 e. The highest BCUT2D eigenvalue weighted by Crippen LogP contribution is 2.33. The molecule has 4 rings (SSSR count). The summed E-state index contributed by atoms with van der Waals surface area (Å²) in [7, 11) is 0. The maximum Gasteiger partial charge on any atom is 0.304 e. The molecule has 2 atom stereocenters. The number of carboxylic acids is 1. The van der Waals surface area contributed by atoms with Gasteiger partial charge in [0.05, 0.1) is 18.4 Å². The number of hydrogen-bond donors (Lipinski definition) is 3. The number of rotatable bonds is 8. The highest BCUT2D eigenvalue weighted by Gasteiger charge is 2.41. The van der Waals surface area contributed by atoms with Crippen molar-refractivity contribution < 1.29 is 30.4 Å². The summed E-state index contributed by atoms with van der Waals surface area (Å²) in [6.45, 7) is 0.267. The van der Waals surface area contributed by atoms with Crippen LogP contribution in [-0.2, 0) is 9.59 Å². The maximum atomic E-state index is 12.9. The molecule has 3 aromatic carbocycles. The number of amides is 1. The van der Waals surface area contributed by atoms with Crippen LogP contribution in [0.1, 0.15) is 18.4 Å². The molecule has 0 aromatic heterocycles. The van der Waals surface area contributed by atoms with Crippen molar-refractivity contribution in [1.29, 1.82) is 5.41 Å². The van der Waals surface area contributed by atoms with Crippen LogP contribution in [0.4, 0.5) is 5.69 Å². The lowest BCUT2D eigenvalue weighted by Crippen LogP contribution is -2.37.